The first-order valence-corrected chi connectivity index (χ1v) is 20.9. The van der Waals surface area contributed by atoms with Gasteiger partial charge in [-0.25, -0.2) is 9.83 Å². The second-order valence-electron chi connectivity index (χ2n) is 19.1. The van der Waals surface area contributed by atoms with E-state index in [-0.39, 0.29) is 37.3 Å². The maximum absolute atomic E-state index is 7.76. The molecule has 62 heavy (non-hydrogen) atoms. The molecule has 0 fully saturated rings. The number of anilines is 4. The van der Waals surface area contributed by atoms with E-state index < -0.39 is 0 Å². The van der Waals surface area contributed by atoms with Crippen molar-refractivity contribution in [2.45, 2.75) is 78.6 Å². The fourth-order valence-electron chi connectivity index (χ4n) is 8.13. The van der Waals surface area contributed by atoms with Crippen molar-refractivity contribution in [3.63, 3.8) is 0 Å². The SMILES string of the molecule is [C-]#[N+]c1cccc(-c2cccc3c2N(c2cc(C(C)(C)C)cc(C(C)(C)C)c2)[CH-]N3c2[c-]c(Oc3[c-]c4c(cc3)c3ccccc3n4-c3cc(C(C)(C)C)ccn3)ccc2)c1.[Pt]. The van der Waals surface area contributed by atoms with Gasteiger partial charge in [0.1, 0.15) is 5.82 Å². The van der Waals surface area contributed by atoms with Gasteiger partial charge in [0.15, 0.2) is 5.69 Å². The molecule has 6 aromatic carbocycles. The quantitative estimate of drug-likeness (QED) is 0.156. The van der Waals surface area contributed by atoms with Crippen molar-refractivity contribution in [3.05, 3.63) is 180 Å². The van der Waals surface area contributed by atoms with Crippen LogP contribution >= 0.6 is 0 Å². The van der Waals surface area contributed by atoms with Gasteiger partial charge in [-0.15, -0.1) is 48.1 Å². The molecule has 7 heteroatoms. The average molecular weight is 992 g/mol. The van der Waals surface area contributed by atoms with Crippen LogP contribution in [0.5, 0.6) is 11.5 Å². The molecule has 2 aromatic heterocycles. The Hall–Kier alpha value is -6.15. The number of ether oxygens (including phenoxy) is 1. The first kappa shape index (κ1) is 42.5. The summed E-state index contributed by atoms with van der Waals surface area (Å²) in [5, 5.41) is 2.21. The van der Waals surface area contributed by atoms with Gasteiger partial charge in [-0.05, 0) is 86.3 Å². The Kier molecular flexibility index (Phi) is 10.9. The van der Waals surface area contributed by atoms with Crippen molar-refractivity contribution in [1.29, 1.82) is 0 Å². The summed E-state index contributed by atoms with van der Waals surface area (Å²) in [6.45, 7) is 30.2. The molecule has 1 aliphatic rings. The maximum atomic E-state index is 7.76. The number of hydrogen-bond acceptors (Lipinski definition) is 4. The third-order valence-corrected chi connectivity index (χ3v) is 11.6. The summed E-state index contributed by atoms with van der Waals surface area (Å²) in [6, 6.07) is 51.3. The van der Waals surface area contributed by atoms with Crippen LogP contribution in [0.2, 0.25) is 0 Å². The standard InChI is InChI=1S/C55H50N5O.Pt/c1-53(2,3)37-26-27-57-51(32-37)60-48-22-12-11-20-46(48)47-25-24-44(34-50(47)60)61-43-19-14-18-41(33-43)58-35-59(42-30-38(54(4,5)6)29-39(31-42)55(7,8)9)52-45(21-15-23-49(52)58)36-16-13-17-40(28-36)56-10;/h11-32,35H,1-9H3;/q-3;. The van der Waals surface area contributed by atoms with Gasteiger partial charge in [0.05, 0.1) is 6.57 Å². The first-order chi connectivity index (χ1) is 29.1. The monoisotopic (exact) mass is 991 g/mol. The summed E-state index contributed by atoms with van der Waals surface area (Å²) in [5.74, 6) is 2.00. The van der Waals surface area contributed by atoms with E-state index in [0.29, 0.717) is 17.2 Å². The van der Waals surface area contributed by atoms with Gasteiger partial charge < -0.3 is 19.1 Å². The summed E-state index contributed by atoms with van der Waals surface area (Å²) in [7, 11) is 0. The Morgan fingerprint density at radius 1 is 0.629 bits per heavy atom. The largest absolute Gasteiger partial charge is 0.509 e. The van der Waals surface area contributed by atoms with Crippen molar-refractivity contribution in [1.82, 2.24) is 9.55 Å². The van der Waals surface area contributed by atoms with Crippen molar-refractivity contribution in [2.75, 3.05) is 9.80 Å². The van der Waals surface area contributed by atoms with Crippen LogP contribution in [0, 0.1) is 25.4 Å². The predicted molar refractivity (Wildman–Crippen MR) is 252 cm³/mol. The second-order valence-corrected chi connectivity index (χ2v) is 19.1. The van der Waals surface area contributed by atoms with E-state index in [4.69, 9.17) is 16.3 Å². The summed E-state index contributed by atoms with van der Waals surface area (Å²) in [4.78, 5) is 13.1. The molecule has 0 spiro atoms. The zero-order chi connectivity index (χ0) is 42.8. The fourth-order valence-corrected chi connectivity index (χ4v) is 8.13. The average Bonchev–Trinajstić information content (AvgIpc) is 3.79. The molecule has 0 unspecified atom stereocenters. The van der Waals surface area contributed by atoms with Crippen LogP contribution in [0.25, 0.3) is 43.6 Å². The Bertz CT molecular complexity index is 2990. The molecule has 3 heterocycles. The van der Waals surface area contributed by atoms with Gasteiger partial charge in [-0.3, -0.25) is 0 Å². The number of benzene rings is 6. The van der Waals surface area contributed by atoms with Crippen LogP contribution in [0.1, 0.15) is 79.0 Å². The molecular formula is C55H50N5OPt-3. The zero-order valence-electron chi connectivity index (χ0n) is 36.7. The minimum atomic E-state index is -0.0669. The Balaban J connectivity index is 0.00000529. The van der Waals surface area contributed by atoms with Crippen molar-refractivity contribution >= 4 is 50.2 Å². The molecule has 0 amide bonds. The van der Waals surface area contributed by atoms with E-state index in [1.54, 1.807) is 0 Å². The summed E-state index contributed by atoms with van der Waals surface area (Å²) in [6.07, 6.45) is 1.89. The van der Waals surface area contributed by atoms with Gasteiger partial charge in [-0.2, -0.15) is 12.1 Å². The van der Waals surface area contributed by atoms with Crippen molar-refractivity contribution < 1.29 is 25.8 Å². The summed E-state index contributed by atoms with van der Waals surface area (Å²) < 4.78 is 8.83. The molecular weight excluding hydrogens is 942 g/mol. The van der Waals surface area contributed by atoms with Crippen LogP contribution in [0.15, 0.2) is 134 Å². The minimum absolute atomic E-state index is 0. The minimum Gasteiger partial charge on any atom is -0.509 e. The van der Waals surface area contributed by atoms with Gasteiger partial charge in [0.25, 0.3) is 0 Å². The van der Waals surface area contributed by atoms with E-state index in [1.165, 1.54) is 16.7 Å². The van der Waals surface area contributed by atoms with E-state index in [0.717, 1.165) is 61.5 Å². The molecule has 0 bridgehead atoms. The smallest absolute Gasteiger partial charge is 0.187 e. The molecule has 0 radical (unpaired) electrons. The van der Waals surface area contributed by atoms with Crippen LogP contribution in [0.4, 0.5) is 28.4 Å². The number of aromatic nitrogens is 2. The number of para-hydroxylation sites is 2. The second kappa shape index (κ2) is 16.0. The Morgan fingerprint density at radius 2 is 1.32 bits per heavy atom. The van der Waals surface area contributed by atoms with Crippen LogP contribution in [0.3, 0.4) is 0 Å². The predicted octanol–water partition coefficient (Wildman–Crippen LogP) is 15.1. The van der Waals surface area contributed by atoms with Crippen molar-refractivity contribution in [3.8, 4) is 28.4 Å². The van der Waals surface area contributed by atoms with Crippen molar-refractivity contribution in [2.24, 2.45) is 0 Å². The molecule has 8 aromatic rings. The molecule has 0 saturated heterocycles. The zero-order valence-corrected chi connectivity index (χ0v) is 39.0. The molecule has 6 nitrogen and oxygen atoms in total. The van der Waals surface area contributed by atoms with Gasteiger partial charge >= 0.3 is 0 Å². The molecule has 0 N–H and O–H groups in total. The first-order valence-electron chi connectivity index (χ1n) is 20.9. The van der Waals surface area contributed by atoms with Gasteiger partial charge in [-0.1, -0.05) is 122 Å². The van der Waals surface area contributed by atoms with Crippen LogP contribution in [-0.4, -0.2) is 9.55 Å². The number of rotatable bonds is 6. The van der Waals surface area contributed by atoms with Crippen LogP contribution < -0.4 is 14.5 Å². The summed E-state index contributed by atoms with van der Waals surface area (Å²) in [5.41, 5.74) is 12.1. The third kappa shape index (κ3) is 7.91. The number of hydrogen-bond donors (Lipinski definition) is 0. The number of fused-ring (bicyclic) bond motifs is 4. The van der Waals surface area contributed by atoms with E-state index in [2.05, 4.69) is 191 Å². The van der Waals surface area contributed by atoms with E-state index in [1.807, 2.05) is 42.6 Å². The molecule has 0 atom stereocenters. The Labute approximate surface area is 380 Å². The van der Waals surface area contributed by atoms with Crippen LogP contribution in [-0.2, 0) is 37.3 Å². The molecule has 9 rings (SSSR count). The third-order valence-electron chi connectivity index (χ3n) is 11.6. The van der Waals surface area contributed by atoms with E-state index in [9.17, 15) is 0 Å². The Morgan fingerprint density at radius 3 is 2.05 bits per heavy atom. The number of pyridine rings is 1. The van der Waals surface area contributed by atoms with E-state index >= 15 is 0 Å². The summed E-state index contributed by atoms with van der Waals surface area (Å²) >= 11 is 0. The topological polar surface area (TPSA) is 37.9 Å². The molecule has 0 aliphatic carbocycles. The fraction of sp³-hybridized carbons (Fsp3) is 0.218. The molecule has 314 valence electrons. The van der Waals surface area contributed by atoms with Gasteiger partial charge in [0, 0.05) is 66.9 Å². The maximum Gasteiger partial charge on any atom is 0.187 e. The normalized spacial score (nSPS) is 13.0. The molecule has 0 saturated carbocycles. The molecule has 1 aliphatic heterocycles. The van der Waals surface area contributed by atoms with Gasteiger partial charge in [0.2, 0.25) is 0 Å². The number of nitrogens with zero attached hydrogens (tertiary/aromatic N) is 5.